The van der Waals surface area contributed by atoms with Gasteiger partial charge in [-0.1, -0.05) is 34.1 Å². The topological polar surface area (TPSA) is 45.2 Å². The number of hydrogen-bond donors (Lipinski definition) is 1. The Bertz CT molecular complexity index is 915. The number of nitrogens with zero attached hydrogens (tertiary/aromatic N) is 2. The zero-order chi connectivity index (χ0) is 18.5. The molecule has 0 atom stereocenters. The summed E-state index contributed by atoms with van der Waals surface area (Å²) in [5.74, 6) is -0.570. The molecule has 0 saturated carbocycles. The maximum Gasteiger partial charge on any atom is 0.238 e. The van der Waals surface area contributed by atoms with Gasteiger partial charge in [-0.15, -0.1) is 11.3 Å². The maximum absolute atomic E-state index is 13.2. The monoisotopic (exact) mass is 433 g/mol. The third kappa shape index (κ3) is 5.20. The highest BCUT2D eigenvalue weighted by atomic mass is 79.9. The van der Waals surface area contributed by atoms with Gasteiger partial charge in [0.05, 0.1) is 12.2 Å². The van der Waals surface area contributed by atoms with E-state index >= 15 is 0 Å². The molecule has 0 aliphatic rings. The van der Waals surface area contributed by atoms with Crippen LogP contribution in [0.5, 0.6) is 0 Å². The first kappa shape index (κ1) is 18.7. The third-order valence-electron chi connectivity index (χ3n) is 3.58. The highest BCUT2D eigenvalue weighted by Crippen LogP contribution is 2.26. The molecule has 0 saturated heterocycles. The minimum Gasteiger partial charge on any atom is -0.325 e. The van der Waals surface area contributed by atoms with Gasteiger partial charge in [-0.05, 0) is 37.4 Å². The molecule has 0 unspecified atom stereocenters. The lowest BCUT2D eigenvalue weighted by Crippen LogP contribution is -2.29. The van der Waals surface area contributed by atoms with Crippen LogP contribution in [-0.2, 0) is 11.3 Å². The molecule has 0 aliphatic heterocycles. The minimum absolute atomic E-state index is 0.194. The summed E-state index contributed by atoms with van der Waals surface area (Å²) in [7, 11) is 1.85. The molecule has 134 valence electrons. The predicted molar refractivity (Wildman–Crippen MR) is 107 cm³/mol. The number of amides is 1. The smallest absolute Gasteiger partial charge is 0.238 e. The summed E-state index contributed by atoms with van der Waals surface area (Å²) in [6, 6.07) is 13.9. The Hall–Kier alpha value is -2.09. The molecule has 0 bridgehead atoms. The van der Waals surface area contributed by atoms with E-state index in [2.05, 4.69) is 26.2 Å². The summed E-state index contributed by atoms with van der Waals surface area (Å²) >= 11 is 5.04. The lowest BCUT2D eigenvalue weighted by Gasteiger charge is -2.15. The molecule has 0 aliphatic carbocycles. The van der Waals surface area contributed by atoms with Crippen LogP contribution in [0.4, 0.5) is 10.1 Å². The van der Waals surface area contributed by atoms with E-state index in [1.54, 1.807) is 23.5 Å². The van der Waals surface area contributed by atoms with E-state index in [0.717, 1.165) is 20.7 Å². The molecule has 2 aromatic carbocycles. The number of carbonyl (C=O) groups excluding carboxylic acids is 1. The van der Waals surface area contributed by atoms with Crippen LogP contribution in [-0.4, -0.2) is 29.4 Å². The predicted octanol–water partition coefficient (Wildman–Crippen LogP) is 4.78. The lowest BCUT2D eigenvalue weighted by atomic mass is 10.2. The van der Waals surface area contributed by atoms with Crippen LogP contribution in [0.2, 0.25) is 0 Å². The fraction of sp³-hybridized carbons (Fsp3) is 0.158. The SMILES string of the molecule is CN(CC(=O)Nc1cccc(F)c1)Cc1csc(-c2cccc(Br)c2)n1. The minimum atomic E-state index is -0.376. The van der Waals surface area contributed by atoms with Crippen molar-refractivity contribution in [3.05, 3.63) is 69.9 Å². The number of halogens is 2. The first-order valence-electron chi connectivity index (χ1n) is 7.94. The number of hydrogen-bond acceptors (Lipinski definition) is 4. The number of nitrogens with one attached hydrogen (secondary N) is 1. The molecular formula is C19H17BrFN3OS. The Kier molecular flexibility index (Phi) is 6.13. The molecule has 0 fully saturated rings. The molecule has 1 N–H and O–H groups in total. The van der Waals surface area contributed by atoms with Gasteiger partial charge in [-0.3, -0.25) is 9.69 Å². The van der Waals surface area contributed by atoms with Gasteiger partial charge in [0.15, 0.2) is 0 Å². The highest BCUT2D eigenvalue weighted by molar-refractivity contribution is 9.10. The van der Waals surface area contributed by atoms with Crippen LogP contribution in [0.25, 0.3) is 10.6 Å². The largest absolute Gasteiger partial charge is 0.325 e. The van der Waals surface area contributed by atoms with E-state index in [1.807, 2.05) is 41.6 Å². The molecular weight excluding hydrogens is 417 g/mol. The first-order chi connectivity index (χ1) is 12.5. The van der Waals surface area contributed by atoms with Crippen molar-refractivity contribution in [3.8, 4) is 10.6 Å². The molecule has 0 spiro atoms. The first-order valence-corrected chi connectivity index (χ1v) is 9.61. The summed E-state index contributed by atoms with van der Waals surface area (Å²) in [5.41, 5.74) is 2.42. The second kappa shape index (κ2) is 8.53. The van der Waals surface area contributed by atoms with Crippen LogP contribution in [0, 0.1) is 5.82 Å². The van der Waals surface area contributed by atoms with Crippen LogP contribution in [0.3, 0.4) is 0 Å². The van der Waals surface area contributed by atoms with Gasteiger partial charge in [0.1, 0.15) is 10.8 Å². The number of anilines is 1. The van der Waals surface area contributed by atoms with Gasteiger partial charge in [-0.2, -0.15) is 0 Å². The fourth-order valence-corrected chi connectivity index (χ4v) is 3.69. The van der Waals surface area contributed by atoms with Crippen molar-refractivity contribution in [1.29, 1.82) is 0 Å². The number of rotatable bonds is 6. The van der Waals surface area contributed by atoms with E-state index in [1.165, 1.54) is 12.1 Å². The van der Waals surface area contributed by atoms with E-state index in [0.29, 0.717) is 12.2 Å². The summed E-state index contributed by atoms with van der Waals surface area (Å²) < 4.78 is 14.2. The number of benzene rings is 2. The highest BCUT2D eigenvalue weighted by Gasteiger charge is 2.11. The summed E-state index contributed by atoms with van der Waals surface area (Å²) in [5, 5.41) is 5.63. The number of likely N-dealkylation sites (N-methyl/N-ethyl adjacent to an activating group) is 1. The molecule has 3 aromatic rings. The van der Waals surface area contributed by atoms with E-state index < -0.39 is 0 Å². The van der Waals surface area contributed by atoms with Crippen molar-refractivity contribution in [1.82, 2.24) is 9.88 Å². The standard InChI is InChI=1S/C19H17BrFN3OS/c1-24(11-18(25)22-16-7-3-6-15(21)9-16)10-17-12-26-19(23-17)13-4-2-5-14(20)8-13/h2-9,12H,10-11H2,1H3,(H,22,25). The third-order valence-corrected chi connectivity index (χ3v) is 5.01. The lowest BCUT2D eigenvalue weighted by molar-refractivity contribution is -0.117. The second-order valence-electron chi connectivity index (χ2n) is 5.89. The fourth-order valence-electron chi connectivity index (χ4n) is 2.48. The average molecular weight is 434 g/mol. The Morgan fingerprint density at radius 3 is 2.85 bits per heavy atom. The molecule has 1 heterocycles. The Morgan fingerprint density at radius 2 is 2.08 bits per heavy atom. The van der Waals surface area contributed by atoms with E-state index in [9.17, 15) is 9.18 Å². The molecule has 3 rings (SSSR count). The van der Waals surface area contributed by atoms with Crippen molar-refractivity contribution in [2.45, 2.75) is 6.54 Å². The molecule has 1 aromatic heterocycles. The zero-order valence-corrected chi connectivity index (χ0v) is 16.5. The Morgan fingerprint density at radius 1 is 1.27 bits per heavy atom. The van der Waals surface area contributed by atoms with Crippen molar-refractivity contribution in [2.75, 3.05) is 18.9 Å². The average Bonchev–Trinajstić information content (AvgIpc) is 3.03. The summed E-state index contributed by atoms with van der Waals surface area (Å²) in [6.07, 6.45) is 0. The Labute approximate surface area is 163 Å². The van der Waals surface area contributed by atoms with Gasteiger partial charge >= 0.3 is 0 Å². The van der Waals surface area contributed by atoms with Crippen molar-refractivity contribution in [3.63, 3.8) is 0 Å². The summed E-state index contributed by atoms with van der Waals surface area (Å²) in [4.78, 5) is 18.6. The molecule has 1 amide bonds. The normalized spacial score (nSPS) is 10.9. The molecule has 4 nitrogen and oxygen atoms in total. The van der Waals surface area contributed by atoms with Crippen LogP contribution in [0.1, 0.15) is 5.69 Å². The van der Waals surface area contributed by atoms with Crippen LogP contribution in [0.15, 0.2) is 58.4 Å². The van der Waals surface area contributed by atoms with Gasteiger partial charge < -0.3 is 5.32 Å². The quantitative estimate of drug-likeness (QED) is 0.607. The number of carbonyl (C=O) groups is 1. The second-order valence-corrected chi connectivity index (χ2v) is 7.66. The molecule has 0 radical (unpaired) electrons. The maximum atomic E-state index is 13.2. The van der Waals surface area contributed by atoms with Crippen molar-refractivity contribution < 1.29 is 9.18 Å². The van der Waals surface area contributed by atoms with Gasteiger partial charge in [-0.25, -0.2) is 9.37 Å². The summed E-state index contributed by atoms with van der Waals surface area (Å²) in [6.45, 7) is 0.751. The molecule has 26 heavy (non-hydrogen) atoms. The van der Waals surface area contributed by atoms with E-state index in [4.69, 9.17) is 0 Å². The van der Waals surface area contributed by atoms with Gasteiger partial charge in [0, 0.05) is 27.6 Å². The van der Waals surface area contributed by atoms with Crippen LogP contribution >= 0.6 is 27.3 Å². The zero-order valence-electron chi connectivity index (χ0n) is 14.1. The van der Waals surface area contributed by atoms with Gasteiger partial charge in [0.2, 0.25) is 5.91 Å². The number of aromatic nitrogens is 1. The molecule has 7 heteroatoms. The number of thiazole rings is 1. The van der Waals surface area contributed by atoms with Crippen molar-refractivity contribution >= 4 is 38.9 Å². The van der Waals surface area contributed by atoms with Gasteiger partial charge in [0.25, 0.3) is 0 Å². The van der Waals surface area contributed by atoms with Crippen molar-refractivity contribution in [2.24, 2.45) is 0 Å². The van der Waals surface area contributed by atoms with E-state index in [-0.39, 0.29) is 18.3 Å². The Balaban J connectivity index is 1.56. The van der Waals surface area contributed by atoms with Crippen LogP contribution < -0.4 is 5.32 Å².